The van der Waals surface area contributed by atoms with Crippen LogP contribution in [0.4, 0.5) is 10.1 Å². The van der Waals surface area contributed by atoms with Crippen LogP contribution in [0.3, 0.4) is 0 Å². The summed E-state index contributed by atoms with van der Waals surface area (Å²) in [5.41, 5.74) is -1.96. The van der Waals surface area contributed by atoms with Gasteiger partial charge in [0.15, 0.2) is 0 Å². The van der Waals surface area contributed by atoms with E-state index in [0.717, 1.165) is 6.20 Å². The summed E-state index contributed by atoms with van der Waals surface area (Å²) in [4.78, 5) is 38.0. The third-order valence-electron chi connectivity index (χ3n) is 2.24. The highest BCUT2D eigenvalue weighted by molar-refractivity contribution is 9.10. The second-order valence-electron chi connectivity index (χ2n) is 3.56. The lowest BCUT2D eigenvalue weighted by molar-refractivity contribution is 0.102. The van der Waals surface area contributed by atoms with Crippen molar-refractivity contribution in [2.24, 2.45) is 0 Å². The number of hydrogen-bond donors (Lipinski definition) is 3. The average Bonchev–Trinajstić information content (AvgIpc) is 2.32. The summed E-state index contributed by atoms with van der Waals surface area (Å²) in [6.07, 6.45) is 0.966. The fourth-order valence-corrected chi connectivity index (χ4v) is 1.69. The van der Waals surface area contributed by atoms with Gasteiger partial charge in [-0.15, -0.1) is 0 Å². The monoisotopic (exact) mass is 327 g/mol. The molecule has 1 aromatic carbocycles. The normalized spacial score (nSPS) is 10.2. The van der Waals surface area contributed by atoms with Crippen LogP contribution >= 0.6 is 15.9 Å². The molecule has 0 atom stereocenters. The summed E-state index contributed by atoms with van der Waals surface area (Å²) in [6.45, 7) is 0. The first-order valence-electron chi connectivity index (χ1n) is 5.06. The van der Waals surface area contributed by atoms with Crippen LogP contribution in [0.25, 0.3) is 0 Å². The van der Waals surface area contributed by atoms with Gasteiger partial charge in [-0.25, -0.2) is 9.18 Å². The standard InChI is InChI=1S/C11H7BrFN3O3/c12-5-1-2-8(7(13)3-5)15-9(17)6-4-14-11(19)16-10(6)18/h1-4H,(H,15,17)(H2,14,16,18,19). The Kier molecular flexibility index (Phi) is 3.61. The summed E-state index contributed by atoms with van der Waals surface area (Å²) in [6, 6.07) is 4.06. The minimum absolute atomic E-state index is 0.0706. The Morgan fingerprint density at radius 2 is 2.05 bits per heavy atom. The van der Waals surface area contributed by atoms with E-state index >= 15 is 0 Å². The third-order valence-corrected chi connectivity index (χ3v) is 2.74. The lowest BCUT2D eigenvalue weighted by Gasteiger charge is -2.05. The van der Waals surface area contributed by atoms with E-state index in [4.69, 9.17) is 0 Å². The Morgan fingerprint density at radius 3 is 2.68 bits per heavy atom. The molecule has 1 amide bonds. The van der Waals surface area contributed by atoms with E-state index in [1.54, 1.807) is 0 Å². The third kappa shape index (κ3) is 2.97. The molecule has 6 nitrogen and oxygen atoms in total. The van der Waals surface area contributed by atoms with Gasteiger partial charge in [-0.3, -0.25) is 14.6 Å². The van der Waals surface area contributed by atoms with Crippen LogP contribution in [0.1, 0.15) is 10.4 Å². The molecule has 1 heterocycles. The summed E-state index contributed by atoms with van der Waals surface area (Å²) in [5.74, 6) is -1.47. The van der Waals surface area contributed by atoms with Gasteiger partial charge in [-0.1, -0.05) is 15.9 Å². The summed E-state index contributed by atoms with van der Waals surface area (Å²) in [5, 5.41) is 2.24. The van der Waals surface area contributed by atoms with Crippen molar-refractivity contribution < 1.29 is 9.18 Å². The van der Waals surface area contributed by atoms with Crippen molar-refractivity contribution in [3.05, 3.63) is 61.1 Å². The number of carbonyl (C=O) groups is 1. The smallest absolute Gasteiger partial charge is 0.319 e. The highest BCUT2D eigenvalue weighted by atomic mass is 79.9. The molecule has 3 N–H and O–H groups in total. The van der Waals surface area contributed by atoms with Gasteiger partial charge >= 0.3 is 5.69 Å². The maximum absolute atomic E-state index is 13.5. The Hall–Kier alpha value is -2.22. The second-order valence-corrected chi connectivity index (χ2v) is 4.48. The Balaban J connectivity index is 2.31. The number of benzene rings is 1. The number of aromatic nitrogens is 2. The molecule has 0 aliphatic heterocycles. The van der Waals surface area contributed by atoms with Crippen molar-refractivity contribution in [2.75, 3.05) is 5.32 Å². The molecule has 98 valence electrons. The number of amides is 1. The van der Waals surface area contributed by atoms with Crippen molar-refractivity contribution in [3.63, 3.8) is 0 Å². The number of anilines is 1. The van der Waals surface area contributed by atoms with Crippen LogP contribution in [0.15, 0.2) is 38.5 Å². The molecular weight excluding hydrogens is 321 g/mol. The van der Waals surface area contributed by atoms with Crippen molar-refractivity contribution >= 4 is 27.5 Å². The summed E-state index contributed by atoms with van der Waals surface area (Å²) in [7, 11) is 0. The van der Waals surface area contributed by atoms with Gasteiger partial charge in [0.05, 0.1) is 5.69 Å². The topological polar surface area (TPSA) is 94.8 Å². The number of carbonyl (C=O) groups excluding carboxylic acids is 1. The van der Waals surface area contributed by atoms with Gasteiger partial charge in [0.25, 0.3) is 11.5 Å². The van der Waals surface area contributed by atoms with Crippen LogP contribution in [0.2, 0.25) is 0 Å². The maximum Gasteiger partial charge on any atom is 0.325 e. The highest BCUT2D eigenvalue weighted by Gasteiger charge is 2.13. The lowest BCUT2D eigenvalue weighted by atomic mass is 10.2. The SMILES string of the molecule is O=C(Nc1ccc(Br)cc1F)c1c[nH]c(=O)[nH]c1=O. The number of halogens is 2. The van der Waals surface area contributed by atoms with Crippen LogP contribution in [0.5, 0.6) is 0 Å². The number of rotatable bonds is 2. The Morgan fingerprint density at radius 1 is 1.32 bits per heavy atom. The van der Waals surface area contributed by atoms with Crippen molar-refractivity contribution in [1.82, 2.24) is 9.97 Å². The molecule has 0 unspecified atom stereocenters. The van der Waals surface area contributed by atoms with Gasteiger partial charge < -0.3 is 10.3 Å². The van der Waals surface area contributed by atoms with Gasteiger partial charge in [-0.05, 0) is 18.2 Å². The first-order chi connectivity index (χ1) is 8.97. The lowest BCUT2D eigenvalue weighted by Crippen LogP contribution is -2.29. The second kappa shape index (κ2) is 5.19. The van der Waals surface area contributed by atoms with Crippen LogP contribution in [-0.4, -0.2) is 15.9 Å². The van der Waals surface area contributed by atoms with Crippen molar-refractivity contribution in [2.45, 2.75) is 0 Å². The molecule has 19 heavy (non-hydrogen) atoms. The van der Waals surface area contributed by atoms with Gasteiger partial charge in [0.1, 0.15) is 11.4 Å². The maximum atomic E-state index is 13.5. The molecule has 0 saturated carbocycles. The Labute approximate surface area is 113 Å². The first kappa shape index (κ1) is 13.2. The molecule has 2 rings (SSSR count). The van der Waals surface area contributed by atoms with Crippen LogP contribution in [-0.2, 0) is 0 Å². The number of hydrogen-bond acceptors (Lipinski definition) is 3. The van der Waals surface area contributed by atoms with Gasteiger partial charge in [0, 0.05) is 10.7 Å². The van der Waals surface area contributed by atoms with Crippen molar-refractivity contribution in [3.8, 4) is 0 Å². The van der Waals surface area contributed by atoms with Gasteiger partial charge in [0.2, 0.25) is 0 Å². The molecule has 0 saturated heterocycles. The number of nitrogens with one attached hydrogen (secondary N) is 3. The molecular formula is C11H7BrFN3O3. The predicted octanol–water partition coefficient (Wildman–Crippen LogP) is 1.22. The van der Waals surface area contributed by atoms with Gasteiger partial charge in [-0.2, -0.15) is 0 Å². The summed E-state index contributed by atoms with van der Waals surface area (Å²) < 4.78 is 14.0. The summed E-state index contributed by atoms with van der Waals surface area (Å²) >= 11 is 3.08. The number of H-pyrrole nitrogens is 2. The molecule has 0 radical (unpaired) electrons. The zero-order chi connectivity index (χ0) is 14.0. The van der Waals surface area contributed by atoms with E-state index < -0.39 is 23.0 Å². The zero-order valence-corrected chi connectivity index (χ0v) is 10.9. The largest absolute Gasteiger partial charge is 0.325 e. The van der Waals surface area contributed by atoms with E-state index in [0.29, 0.717) is 4.47 Å². The molecule has 1 aromatic heterocycles. The fraction of sp³-hybridized carbons (Fsp3) is 0. The molecule has 0 bridgehead atoms. The van der Waals surface area contributed by atoms with Crippen LogP contribution < -0.4 is 16.6 Å². The number of aromatic amines is 2. The van der Waals surface area contributed by atoms with E-state index in [9.17, 15) is 18.8 Å². The van der Waals surface area contributed by atoms with E-state index in [1.807, 2.05) is 4.98 Å². The molecule has 0 fully saturated rings. The van der Waals surface area contributed by atoms with E-state index in [-0.39, 0.29) is 11.3 Å². The molecule has 0 aliphatic rings. The predicted molar refractivity (Wildman–Crippen MR) is 69.7 cm³/mol. The molecule has 8 heteroatoms. The quantitative estimate of drug-likeness (QED) is 0.773. The zero-order valence-electron chi connectivity index (χ0n) is 9.29. The molecule has 0 aliphatic carbocycles. The van der Waals surface area contributed by atoms with Crippen molar-refractivity contribution in [1.29, 1.82) is 0 Å². The highest BCUT2D eigenvalue weighted by Crippen LogP contribution is 2.19. The molecule has 2 aromatic rings. The van der Waals surface area contributed by atoms with E-state index in [2.05, 4.69) is 26.2 Å². The minimum atomic E-state index is -0.848. The van der Waals surface area contributed by atoms with Crippen LogP contribution in [0, 0.1) is 5.82 Å². The average molecular weight is 328 g/mol. The Bertz CT molecular complexity index is 753. The van der Waals surface area contributed by atoms with E-state index in [1.165, 1.54) is 18.2 Å². The molecule has 0 spiro atoms. The fourth-order valence-electron chi connectivity index (χ4n) is 1.36. The minimum Gasteiger partial charge on any atom is -0.319 e. The first-order valence-corrected chi connectivity index (χ1v) is 5.85.